The Morgan fingerprint density at radius 3 is 2.47 bits per heavy atom. The van der Waals surface area contributed by atoms with E-state index in [9.17, 15) is 4.79 Å². The van der Waals surface area contributed by atoms with Crippen LogP contribution >= 0.6 is 11.3 Å². The monoisotopic (exact) mass is 445 g/mol. The quantitative estimate of drug-likeness (QED) is 0.440. The van der Waals surface area contributed by atoms with Crippen LogP contribution in [0, 0.1) is 11.8 Å². The van der Waals surface area contributed by atoms with E-state index >= 15 is 0 Å². The molecule has 3 aromatic rings. The molecule has 1 aliphatic heterocycles. The fourth-order valence-electron chi connectivity index (χ4n) is 4.11. The van der Waals surface area contributed by atoms with Crippen molar-refractivity contribution in [3.63, 3.8) is 0 Å². The SMILES string of the molecule is O=C(NCCC#Cc1csc(C2OCCO2)c1)OCC1c2ccccc2-c2ccccc21. The van der Waals surface area contributed by atoms with Crippen molar-refractivity contribution in [2.45, 2.75) is 18.6 Å². The lowest BCUT2D eigenvalue weighted by Gasteiger charge is -2.14. The Hall–Kier alpha value is -3.11. The minimum atomic E-state index is -0.415. The Kier molecular flexibility index (Phi) is 6.22. The molecule has 0 radical (unpaired) electrons. The van der Waals surface area contributed by atoms with Gasteiger partial charge in [0, 0.05) is 29.8 Å². The molecule has 162 valence electrons. The van der Waals surface area contributed by atoms with Crippen molar-refractivity contribution >= 4 is 17.4 Å². The van der Waals surface area contributed by atoms with Gasteiger partial charge in [0.15, 0.2) is 6.29 Å². The van der Waals surface area contributed by atoms with Crippen LogP contribution in [0.25, 0.3) is 11.1 Å². The third kappa shape index (κ3) is 4.42. The third-order valence-corrected chi connectivity index (χ3v) is 6.52. The molecule has 0 spiro atoms. The van der Waals surface area contributed by atoms with Gasteiger partial charge >= 0.3 is 6.09 Å². The molecular weight excluding hydrogens is 422 g/mol. The molecule has 0 saturated carbocycles. The molecule has 2 aliphatic rings. The van der Waals surface area contributed by atoms with Crippen molar-refractivity contribution in [3.05, 3.63) is 81.5 Å². The molecular formula is C26H23NO4S. The summed E-state index contributed by atoms with van der Waals surface area (Å²) in [6.45, 7) is 2.01. The highest BCUT2D eigenvalue weighted by atomic mass is 32.1. The molecule has 0 unspecified atom stereocenters. The lowest BCUT2D eigenvalue weighted by atomic mass is 9.98. The highest BCUT2D eigenvalue weighted by Crippen LogP contribution is 2.44. The van der Waals surface area contributed by atoms with Crippen molar-refractivity contribution in [2.24, 2.45) is 0 Å². The molecule has 5 rings (SSSR count). The lowest BCUT2D eigenvalue weighted by molar-refractivity contribution is -0.0413. The largest absolute Gasteiger partial charge is 0.449 e. The van der Waals surface area contributed by atoms with Gasteiger partial charge in [-0.1, -0.05) is 60.4 Å². The molecule has 0 atom stereocenters. The number of fused-ring (bicyclic) bond motifs is 3. The summed E-state index contributed by atoms with van der Waals surface area (Å²) in [4.78, 5) is 13.2. The van der Waals surface area contributed by atoms with Crippen LogP contribution in [0.3, 0.4) is 0 Å². The molecule has 1 saturated heterocycles. The van der Waals surface area contributed by atoms with Crippen LogP contribution in [0.2, 0.25) is 0 Å². The average molecular weight is 446 g/mol. The summed E-state index contributed by atoms with van der Waals surface area (Å²) in [5, 5.41) is 4.78. The van der Waals surface area contributed by atoms with Crippen LogP contribution < -0.4 is 5.32 Å². The highest BCUT2D eigenvalue weighted by Gasteiger charge is 2.28. The van der Waals surface area contributed by atoms with Crippen molar-refractivity contribution in [1.29, 1.82) is 0 Å². The normalized spacial score (nSPS) is 15.0. The Morgan fingerprint density at radius 2 is 1.75 bits per heavy atom. The van der Waals surface area contributed by atoms with E-state index in [1.807, 2.05) is 35.7 Å². The van der Waals surface area contributed by atoms with Crippen molar-refractivity contribution in [1.82, 2.24) is 5.32 Å². The predicted octanol–water partition coefficient (Wildman–Crippen LogP) is 5.07. The number of hydrogen-bond donors (Lipinski definition) is 1. The van der Waals surface area contributed by atoms with Crippen molar-refractivity contribution < 1.29 is 19.0 Å². The van der Waals surface area contributed by atoms with Crippen molar-refractivity contribution in [2.75, 3.05) is 26.4 Å². The van der Waals surface area contributed by atoms with Crippen LogP contribution in [0.15, 0.2) is 60.0 Å². The first kappa shape index (κ1) is 20.8. The first-order chi connectivity index (χ1) is 15.8. The zero-order valence-corrected chi connectivity index (χ0v) is 18.3. The molecule has 2 aromatic carbocycles. The second kappa shape index (κ2) is 9.58. The average Bonchev–Trinajstić information content (AvgIpc) is 3.57. The smallest absolute Gasteiger partial charge is 0.407 e. The number of rotatable bonds is 5. The number of hydrogen-bond acceptors (Lipinski definition) is 5. The maximum Gasteiger partial charge on any atom is 0.407 e. The van der Waals surface area contributed by atoms with E-state index in [4.69, 9.17) is 14.2 Å². The number of amides is 1. The van der Waals surface area contributed by atoms with E-state index < -0.39 is 6.09 Å². The molecule has 1 fully saturated rings. The molecule has 1 aromatic heterocycles. The summed E-state index contributed by atoms with van der Waals surface area (Å²) < 4.78 is 16.5. The third-order valence-electron chi connectivity index (χ3n) is 5.57. The number of nitrogens with one attached hydrogen (secondary N) is 1. The minimum absolute atomic E-state index is 0.0635. The maximum atomic E-state index is 12.2. The predicted molar refractivity (Wildman–Crippen MR) is 124 cm³/mol. The van der Waals surface area contributed by atoms with Gasteiger partial charge in [0.2, 0.25) is 0 Å². The first-order valence-corrected chi connectivity index (χ1v) is 11.6. The zero-order chi connectivity index (χ0) is 21.8. The zero-order valence-electron chi connectivity index (χ0n) is 17.5. The highest BCUT2D eigenvalue weighted by molar-refractivity contribution is 7.10. The van der Waals surface area contributed by atoms with Gasteiger partial charge in [0.25, 0.3) is 0 Å². The Labute approximate surface area is 191 Å². The number of benzene rings is 2. The Bertz CT molecular complexity index is 1120. The van der Waals surface area contributed by atoms with E-state index in [-0.39, 0.29) is 12.2 Å². The lowest BCUT2D eigenvalue weighted by Crippen LogP contribution is -2.26. The van der Waals surface area contributed by atoms with Crippen molar-refractivity contribution in [3.8, 4) is 23.0 Å². The fraction of sp³-hybridized carbons (Fsp3) is 0.269. The summed E-state index contributed by atoms with van der Waals surface area (Å²) >= 11 is 1.58. The van der Waals surface area contributed by atoms with Crippen LogP contribution in [-0.4, -0.2) is 32.5 Å². The topological polar surface area (TPSA) is 56.8 Å². The molecule has 1 aliphatic carbocycles. The van der Waals surface area contributed by atoms with Crippen LogP contribution in [0.5, 0.6) is 0 Å². The van der Waals surface area contributed by atoms with Gasteiger partial charge < -0.3 is 19.5 Å². The van der Waals surface area contributed by atoms with E-state index in [1.54, 1.807) is 11.3 Å². The molecule has 6 heteroatoms. The van der Waals surface area contributed by atoms with Crippen LogP contribution in [0.4, 0.5) is 4.79 Å². The molecule has 1 N–H and O–H groups in total. The van der Waals surface area contributed by atoms with Gasteiger partial charge in [-0.2, -0.15) is 0 Å². The summed E-state index contributed by atoms with van der Waals surface area (Å²) in [5.74, 6) is 6.27. The number of alkyl carbamates (subject to hydrolysis) is 1. The van der Waals surface area contributed by atoms with Crippen LogP contribution in [-0.2, 0) is 14.2 Å². The van der Waals surface area contributed by atoms with Gasteiger partial charge in [-0.05, 0) is 28.3 Å². The summed E-state index contributed by atoms with van der Waals surface area (Å²) in [7, 11) is 0. The Morgan fingerprint density at radius 1 is 1.06 bits per heavy atom. The Balaban J connectivity index is 1.09. The van der Waals surface area contributed by atoms with Crippen LogP contribution in [0.1, 0.15) is 40.2 Å². The summed E-state index contributed by atoms with van der Waals surface area (Å²) in [6.07, 6.45) is -0.126. The van der Waals surface area contributed by atoms with Gasteiger partial charge in [-0.15, -0.1) is 11.3 Å². The standard InChI is InChI=1S/C26H23NO4S/c28-26(27-12-6-5-7-18-15-24(32-17-18)25-29-13-14-30-25)31-16-23-21-10-3-1-8-19(21)20-9-2-4-11-22(20)23/h1-4,8-11,15,17,23,25H,6,12-14,16H2,(H,27,28). The fourth-order valence-corrected chi connectivity index (χ4v) is 4.94. The van der Waals surface area contributed by atoms with Gasteiger partial charge in [-0.25, -0.2) is 4.79 Å². The second-order valence-electron chi connectivity index (χ2n) is 7.62. The molecule has 1 amide bonds. The summed E-state index contributed by atoms with van der Waals surface area (Å²) in [6, 6.07) is 18.6. The molecule has 32 heavy (non-hydrogen) atoms. The van der Waals surface area contributed by atoms with Gasteiger partial charge in [0.05, 0.1) is 18.1 Å². The van der Waals surface area contributed by atoms with E-state index in [2.05, 4.69) is 41.4 Å². The van der Waals surface area contributed by atoms with E-state index in [0.29, 0.717) is 32.8 Å². The van der Waals surface area contributed by atoms with E-state index in [0.717, 1.165) is 10.4 Å². The van der Waals surface area contributed by atoms with Gasteiger partial charge in [0.1, 0.15) is 6.61 Å². The molecule has 0 bridgehead atoms. The minimum Gasteiger partial charge on any atom is -0.449 e. The second-order valence-corrected chi connectivity index (χ2v) is 8.56. The number of carbonyl (C=O) groups is 1. The van der Waals surface area contributed by atoms with Gasteiger partial charge in [-0.3, -0.25) is 0 Å². The first-order valence-electron chi connectivity index (χ1n) is 10.7. The molecule has 2 heterocycles. The number of ether oxygens (including phenoxy) is 3. The summed E-state index contributed by atoms with van der Waals surface area (Å²) in [5.41, 5.74) is 5.78. The number of thiophene rings is 1. The van der Waals surface area contributed by atoms with E-state index in [1.165, 1.54) is 22.3 Å². The maximum absolute atomic E-state index is 12.2. The molecule has 5 nitrogen and oxygen atoms in total. The number of carbonyl (C=O) groups excluding carboxylic acids is 1.